The molecule has 0 aliphatic heterocycles. The molecule has 17 nitrogen and oxygen atoms in total. The summed E-state index contributed by atoms with van der Waals surface area (Å²) in [6.07, 6.45) is 69.4. The number of unbranched alkanes of at least 4 members (excludes halogenated alkanes) is 53. The lowest BCUT2D eigenvalue weighted by Crippen LogP contribution is -2.30. The van der Waals surface area contributed by atoms with Crippen molar-refractivity contribution in [1.82, 2.24) is 0 Å². The lowest BCUT2D eigenvalue weighted by molar-refractivity contribution is -0.161. The molecule has 19 heteroatoms. The SMILES string of the molecule is CCCCCCCCCCCCCCCCCCCCCCC(=O)OC[C@H](COP(=O)(O)OC[C@@H](O)COP(=O)(O)OC[C@@H](COC(=O)CCCCCCCCCCC)OC(=O)CCCCCCCCCCCCC(C)CC)OC(=O)CCCCCCCCCCCCCCCCCCCCC(C)CC. The number of hydrogen-bond donors (Lipinski definition) is 3. The van der Waals surface area contributed by atoms with E-state index in [0.717, 1.165) is 102 Å². The second kappa shape index (κ2) is 77.4. The third kappa shape index (κ3) is 77.2. The summed E-state index contributed by atoms with van der Waals surface area (Å²) in [5, 5.41) is 10.7. The minimum atomic E-state index is -4.97. The van der Waals surface area contributed by atoms with Crippen molar-refractivity contribution < 1.29 is 80.2 Å². The van der Waals surface area contributed by atoms with E-state index >= 15 is 0 Å². The van der Waals surface area contributed by atoms with Gasteiger partial charge >= 0.3 is 39.5 Å². The van der Waals surface area contributed by atoms with Crippen LogP contribution in [0.25, 0.3) is 0 Å². The molecule has 0 bridgehead atoms. The van der Waals surface area contributed by atoms with E-state index in [1.165, 1.54) is 276 Å². The number of carbonyl (C=O) groups is 4. The van der Waals surface area contributed by atoms with Crippen molar-refractivity contribution in [2.75, 3.05) is 39.6 Å². The van der Waals surface area contributed by atoms with Crippen molar-refractivity contribution in [2.24, 2.45) is 11.8 Å². The Kier molecular flexibility index (Phi) is 76.0. The molecule has 105 heavy (non-hydrogen) atoms. The molecule has 0 spiro atoms. The number of carbonyl (C=O) groups excluding carboxylic acids is 4. The van der Waals surface area contributed by atoms with Gasteiger partial charge in [0.2, 0.25) is 0 Å². The Morgan fingerprint density at radius 2 is 0.457 bits per heavy atom. The van der Waals surface area contributed by atoms with Crippen LogP contribution < -0.4 is 0 Å². The Balaban J connectivity index is 5.20. The van der Waals surface area contributed by atoms with Crippen LogP contribution in [0.4, 0.5) is 0 Å². The molecule has 0 aliphatic rings. The van der Waals surface area contributed by atoms with Gasteiger partial charge in [0.05, 0.1) is 26.4 Å². The van der Waals surface area contributed by atoms with Crippen LogP contribution >= 0.6 is 15.6 Å². The smallest absolute Gasteiger partial charge is 0.462 e. The van der Waals surface area contributed by atoms with Gasteiger partial charge in [-0.2, -0.15) is 0 Å². The Morgan fingerprint density at radius 1 is 0.267 bits per heavy atom. The fraction of sp³-hybridized carbons (Fsp3) is 0.953. The molecule has 0 saturated heterocycles. The molecule has 0 rings (SSSR count). The Hall–Kier alpha value is -1.94. The van der Waals surface area contributed by atoms with Gasteiger partial charge in [-0.25, -0.2) is 9.13 Å². The van der Waals surface area contributed by atoms with Crippen LogP contribution in [-0.2, 0) is 65.4 Å². The first-order valence-corrected chi connectivity index (χ1v) is 47.6. The Morgan fingerprint density at radius 3 is 0.676 bits per heavy atom. The highest BCUT2D eigenvalue weighted by Gasteiger charge is 2.30. The van der Waals surface area contributed by atoms with Crippen molar-refractivity contribution in [3.05, 3.63) is 0 Å². The largest absolute Gasteiger partial charge is 0.472 e. The summed E-state index contributed by atoms with van der Waals surface area (Å²) in [5.41, 5.74) is 0. The van der Waals surface area contributed by atoms with E-state index in [2.05, 4.69) is 41.5 Å². The van der Waals surface area contributed by atoms with Gasteiger partial charge in [0.25, 0.3) is 0 Å². The molecule has 0 fully saturated rings. The summed E-state index contributed by atoms with van der Waals surface area (Å²) in [6, 6.07) is 0. The molecule has 624 valence electrons. The molecule has 0 radical (unpaired) electrons. The number of phosphoric acid groups is 2. The molecule has 0 amide bonds. The quantitative estimate of drug-likeness (QED) is 0.0222. The van der Waals surface area contributed by atoms with E-state index in [4.69, 9.17) is 37.0 Å². The first-order chi connectivity index (χ1) is 50.9. The molecule has 7 atom stereocenters. The first-order valence-electron chi connectivity index (χ1n) is 44.6. The zero-order valence-corrected chi connectivity index (χ0v) is 70.8. The van der Waals surface area contributed by atoms with E-state index in [1.807, 2.05) is 0 Å². The molecule has 0 heterocycles. The zero-order chi connectivity index (χ0) is 77.1. The van der Waals surface area contributed by atoms with E-state index in [-0.39, 0.29) is 25.7 Å². The van der Waals surface area contributed by atoms with Crippen molar-refractivity contribution in [3.63, 3.8) is 0 Å². The highest BCUT2D eigenvalue weighted by atomic mass is 31.2. The van der Waals surface area contributed by atoms with Crippen molar-refractivity contribution in [1.29, 1.82) is 0 Å². The number of esters is 4. The maximum Gasteiger partial charge on any atom is 0.472 e. The van der Waals surface area contributed by atoms with E-state index in [9.17, 15) is 43.2 Å². The number of phosphoric ester groups is 2. The van der Waals surface area contributed by atoms with Gasteiger partial charge in [-0.1, -0.05) is 408 Å². The van der Waals surface area contributed by atoms with Crippen molar-refractivity contribution in [3.8, 4) is 0 Å². The molecular weight excluding hydrogens is 1370 g/mol. The predicted octanol–water partition coefficient (Wildman–Crippen LogP) is 26.2. The number of ether oxygens (including phenoxy) is 4. The molecule has 0 aromatic rings. The van der Waals surface area contributed by atoms with Gasteiger partial charge in [0.1, 0.15) is 19.3 Å². The van der Waals surface area contributed by atoms with Crippen LogP contribution in [0, 0.1) is 11.8 Å². The predicted molar refractivity (Wildman–Crippen MR) is 432 cm³/mol. The van der Waals surface area contributed by atoms with Crippen LogP contribution in [0.3, 0.4) is 0 Å². The van der Waals surface area contributed by atoms with E-state index in [1.54, 1.807) is 0 Å². The minimum Gasteiger partial charge on any atom is -0.462 e. The van der Waals surface area contributed by atoms with Crippen molar-refractivity contribution in [2.45, 2.75) is 477 Å². The zero-order valence-electron chi connectivity index (χ0n) is 69.0. The van der Waals surface area contributed by atoms with Crippen LogP contribution in [0.5, 0.6) is 0 Å². The van der Waals surface area contributed by atoms with E-state index < -0.39 is 97.5 Å². The molecule has 0 saturated carbocycles. The van der Waals surface area contributed by atoms with Crippen molar-refractivity contribution >= 4 is 39.5 Å². The summed E-state index contributed by atoms with van der Waals surface area (Å²) in [4.78, 5) is 73.1. The molecular formula is C86H168O17P2. The van der Waals surface area contributed by atoms with Crippen LogP contribution in [-0.4, -0.2) is 96.7 Å². The summed E-state index contributed by atoms with van der Waals surface area (Å²) >= 11 is 0. The van der Waals surface area contributed by atoms with Gasteiger partial charge in [-0.15, -0.1) is 0 Å². The third-order valence-corrected chi connectivity index (χ3v) is 22.8. The molecule has 0 aliphatic carbocycles. The topological polar surface area (TPSA) is 237 Å². The Labute approximate surface area is 645 Å². The average molecular weight is 1540 g/mol. The van der Waals surface area contributed by atoms with Crippen LogP contribution in [0.2, 0.25) is 0 Å². The second-order valence-corrected chi connectivity index (χ2v) is 34.3. The van der Waals surface area contributed by atoms with Gasteiger partial charge < -0.3 is 33.8 Å². The number of aliphatic hydroxyl groups excluding tert-OH is 1. The fourth-order valence-electron chi connectivity index (χ4n) is 13.4. The van der Waals surface area contributed by atoms with Gasteiger partial charge in [-0.05, 0) is 37.5 Å². The number of aliphatic hydroxyl groups is 1. The summed E-state index contributed by atoms with van der Waals surface area (Å²) < 4.78 is 68.8. The molecule has 4 unspecified atom stereocenters. The van der Waals surface area contributed by atoms with E-state index in [0.29, 0.717) is 25.7 Å². The maximum atomic E-state index is 13.1. The standard InChI is InChI=1S/C86H168O17P2/c1-7-11-13-15-17-19-20-21-22-23-24-25-29-32-35-38-45-51-57-63-69-84(89)97-75-82(102-85(90)70-64-58-52-46-39-36-33-30-27-26-28-31-34-37-43-48-54-60-66-78(5)9-3)77-101-105(94,95)99-73-80(87)72-98-104(92,93)100-76-81(74-96-83(88)68-62-56-50-42-18-16-14-12-8-2)103-86(91)71-65-59-53-47-41-40-44-49-55-61-67-79(6)10-4/h78-82,87H,7-77H2,1-6H3,(H,92,93)(H,94,95)/t78?,79?,80-,81+,82+/m0/s1. The lowest BCUT2D eigenvalue weighted by Gasteiger charge is -2.21. The molecule has 0 aromatic heterocycles. The fourth-order valence-corrected chi connectivity index (χ4v) is 14.9. The Bertz CT molecular complexity index is 2010. The second-order valence-electron chi connectivity index (χ2n) is 31.4. The van der Waals surface area contributed by atoms with Gasteiger partial charge in [0, 0.05) is 25.7 Å². The maximum absolute atomic E-state index is 13.1. The monoisotopic (exact) mass is 1540 g/mol. The summed E-state index contributed by atoms with van der Waals surface area (Å²) in [5.74, 6) is -0.430. The van der Waals surface area contributed by atoms with Crippen LogP contribution in [0.1, 0.15) is 459 Å². The number of hydrogen-bond acceptors (Lipinski definition) is 15. The average Bonchev–Trinajstić information content (AvgIpc) is 0.909. The minimum absolute atomic E-state index is 0.107. The lowest BCUT2D eigenvalue weighted by atomic mass is 9.99. The molecule has 0 aromatic carbocycles. The highest BCUT2D eigenvalue weighted by Crippen LogP contribution is 2.45. The number of rotatable bonds is 85. The third-order valence-electron chi connectivity index (χ3n) is 20.9. The van der Waals surface area contributed by atoms with Gasteiger partial charge in [-0.3, -0.25) is 37.3 Å². The summed E-state index contributed by atoms with van der Waals surface area (Å²) in [7, 11) is -9.92. The normalized spacial score (nSPS) is 14.3. The highest BCUT2D eigenvalue weighted by molar-refractivity contribution is 7.47. The first kappa shape index (κ1) is 103. The van der Waals surface area contributed by atoms with Gasteiger partial charge in [0.15, 0.2) is 12.2 Å². The summed E-state index contributed by atoms with van der Waals surface area (Å²) in [6.45, 7) is 9.74. The van der Waals surface area contributed by atoms with Crippen LogP contribution in [0.15, 0.2) is 0 Å². The molecule has 3 N–H and O–H groups in total.